The maximum absolute atomic E-state index is 6.70. The molecule has 0 radical (unpaired) electrons. The van der Waals surface area contributed by atoms with Crippen molar-refractivity contribution >= 4 is 22.6 Å². The van der Waals surface area contributed by atoms with Crippen molar-refractivity contribution < 1.29 is 4.74 Å². The van der Waals surface area contributed by atoms with E-state index in [1.54, 1.807) is 18.0 Å². The minimum Gasteiger partial charge on any atom is -0.372 e. The van der Waals surface area contributed by atoms with Crippen molar-refractivity contribution in [2.75, 3.05) is 7.11 Å². The van der Waals surface area contributed by atoms with Crippen molar-refractivity contribution in [3.05, 3.63) is 76.8 Å². The highest BCUT2D eigenvalue weighted by Gasteiger charge is 2.26. The third-order valence-electron chi connectivity index (χ3n) is 4.31. The predicted molar refractivity (Wildman–Crippen MR) is 98.3 cm³/mol. The first kappa shape index (κ1) is 15.9. The summed E-state index contributed by atoms with van der Waals surface area (Å²) in [5.41, 5.74) is 4.42. The second-order valence-electron chi connectivity index (χ2n) is 5.80. The molecule has 126 valence electrons. The van der Waals surface area contributed by atoms with Crippen LogP contribution in [0.1, 0.15) is 22.9 Å². The van der Waals surface area contributed by atoms with Crippen LogP contribution in [0.4, 0.5) is 0 Å². The van der Waals surface area contributed by atoms with E-state index in [1.807, 2.05) is 55.6 Å². The molecule has 0 saturated heterocycles. The van der Waals surface area contributed by atoms with Gasteiger partial charge in [0.15, 0.2) is 0 Å². The number of nitrogens with one attached hydrogen (secondary N) is 1. The number of methoxy groups -OCH3 is 1. The van der Waals surface area contributed by atoms with Crippen LogP contribution in [0.15, 0.2) is 54.9 Å². The number of aromatic nitrogens is 4. The van der Waals surface area contributed by atoms with Crippen LogP contribution in [0.5, 0.6) is 0 Å². The van der Waals surface area contributed by atoms with Crippen molar-refractivity contribution in [3.63, 3.8) is 0 Å². The number of benzene rings is 1. The average Bonchev–Trinajstić information content (AvgIpc) is 3.20. The normalized spacial score (nSPS) is 12.6. The van der Waals surface area contributed by atoms with Gasteiger partial charge in [-0.1, -0.05) is 29.8 Å². The fourth-order valence-corrected chi connectivity index (χ4v) is 3.51. The van der Waals surface area contributed by atoms with Crippen LogP contribution in [-0.4, -0.2) is 26.9 Å². The molecule has 4 aromatic rings. The lowest BCUT2D eigenvalue weighted by molar-refractivity contribution is 0.137. The van der Waals surface area contributed by atoms with E-state index in [4.69, 9.17) is 16.3 Å². The predicted octanol–water partition coefficient (Wildman–Crippen LogP) is 4.45. The number of hydrogen-bond acceptors (Lipinski definition) is 3. The summed E-state index contributed by atoms with van der Waals surface area (Å²) >= 11 is 6.70. The molecular weight excluding hydrogens is 336 g/mol. The Balaban J connectivity index is 1.87. The molecule has 5 nitrogen and oxygen atoms in total. The molecule has 4 rings (SSSR count). The Labute approximate surface area is 150 Å². The zero-order valence-corrected chi connectivity index (χ0v) is 14.7. The molecule has 0 saturated carbocycles. The average molecular weight is 353 g/mol. The van der Waals surface area contributed by atoms with E-state index in [1.165, 1.54) is 0 Å². The molecule has 1 unspecified atom stereocenters. The van der Waals surface area contributed by atoms with Gasteiger partial charge in [0.25, 0.3) is 0 Å². The second kappa shape index (κ2) is 6.35. The molecule has 0 aliphatic heterocycles. The van der Waals surface area contributed by atoms with Gasteiger partial charge >= 0.3 is 0 Å². The Morgan fingerprint density at radius 3 is 2.72 bits per heavy atom. The van der Waals surface area contributed by atoms with Crippen LogP contribution in [0.3, 0.4) is 0 Å². The molecule has 0 aliphatic rings. The minimum atomic E-state index is -0.331. The summed E-state index contributed by atoms with van der Waals surface area (Å²) in [5.74, 6) is 0. The number of aromatic amines is 1. The van der Waals surface area contributed by atoms with Crippen LogP contribution in [0, 0.1) is 6.92 Å². The first-order chi connectivity index (χ1) is 12.2. The highest BCUT2D eigenvalue weighted by molar-refractivity contribution is 6.30. The molecule has 25 heavy (non-hydrogen) atoms. The van der Waals surface area contributed by atoms with E-state index in [0.29, 0.717) is 5.15 Å². The van der Waals surface area contributed by atoms with Crippen LogP contribution in [0.2, 0.25) is 5.15 Å². The van der Waals surface area contributed by atoms with Crippen molar-refractivity contribution in [3.8, 4) is 5.69 Å². The number of fused-ring (bicyclic) bond motifs is 1. The molecule has 0 amide bonds. The number of aryl methyl sites for hydroxylation is 1. The first-order valence-electron chi connectivity index (χ1n) is 7.96. The molecule has 3 aromatic heterocycles. The highest BCUT2D eigenvalue weighted by atomic mass is 35.5. The van der Waals surface area contributed by atoms with E-state index in [9.17, 15) is 0 Å². The summed E-state index contributed by atoms with van der Waals surface area (Å²) in [6.45, 7) is 1.94. The summed E-state index contributed by atoms with van der Waals surface area (Å²) in [6.07, 6.45) is 3.35. The summed E-state index contributed by atoms with van der Waals surface area (Å²) in [5, 5.41) is 6.18. The van der Waals surface area contributed by atoms with Gasteiger partial charge in [-0.05, 0) is 31.2 Å². The molecule has 1 atom stereocenters. The van der Waals surface area contributed by atoms with Crippen LogP contribution >= 0.6 is 11.6 Å². The van der Waals surface area contributed by atoms with Gasteiger partial charge < -0.3 is 9.72 Å². The number of para-hydroxylation sites is 1. The maximum Gasteiger partial charge on any atom is 0.139 e. The van der Waals surface area contributed by atoms with Gasteiger partial charge in [0.1, 0.15) is 16.9 Å². The lowest BCUT2D eigenvalue weighted by Crippen LogP contribution is -2.05. The molecule has 1 N–H and O–H groups in total. The largest absolute Gasteiger partial charge is 0.372 e. The number of halogens is 1. The molecule has 0 spiro atoms. The van der Waals surface area contributed by atoms with E-state index < -0.39 is 0 Å². The molecule has 0 bridgehead atoms. The third kappa shape index (κ3) is 2.62. The number of nitrogens with zero attached hydrogens (tertiary/aromatic N) is 3. The minimum absolute atomic E-state index is 0.331. The molecule has 3 heterocycles. The summed E-state index contributed by atoms with van der Waals surface area (Å²) in [4.78, 5) is 7.53. The topological polar surface area (TPSA) is 55.7 Å². The number of H-pyrrole nitrogens is 1. The Morgan fingerprint density at radius 1 is 1.16 bits per heavy atom. The summed E-state index contributed by atoms with van der Waals surface area (Å²) < 4.78 is 7.56. The van der Waals surface area contributed by atoms with Gasteiger partial charge in [0, 0.05) is 36.0 Å². The van der Waals surface area contributed by atoms with Crippen molar-refractivity contribution in [1.29, 1.82) is 0 Å². The highest BCUT2D eigenvalue weighted by Crippen LogP contribution is 2.37. The van der Waals surface area contributed by atoms with E-state index >= 15 is 0 Å². The Hall–Kier alpha value is -2.63. The van der Waals surface area contributed by atoms with Gasteiger partial charge in [-0.2, -0.15) is 5.10 Å². The molecule has 6 heteroatoms. The molecule has 0 fully saturated rings. The number of hydrogen-bond donors (Lipinski definition) is 1. The number of rotatable bonds is 4. The zero-order chi connectivity index (χ0) is 17.4. The van der Waals surface area contributed by atoms with Gasteiger partial charge in [-0.25, -0.2) is 9.67 Å². The summed E-state index contributed by atoms with van der Waals surface area (Å²) in [6, 6.07) is 13.8. The Kier molecular flexibility index (Phi) is 4.03. The first-order valence-corrected chi connectivity index (χ1v) is 8.33. The molecular formula is C19H17ClN4O. The van der Waals surface area contributed by atoms with Gasteiger partial charge in [0.2, 0.25) is 0 Å². The van der Waals surface area contributed by atoms with Gasteiger partial charge in [-0.15, -0.1) is 0 Å². The Morgan fingerprint density at radius 2 is 1.96 bits per heavy atom. The lowest BCUT2D eigenvalue weighted by atomic mass is 10.0. The van der Waals surface area contributed by atoms with Crippen molar-refractivity contribution in [2.24, 2.45) is 0 Å². The SMILES string of the molecule is COC(c1c(C)nn(-c2ccccc2)c1Cl)c1c[nH]c2ncccc12. The summed E-state index contributed by atoms with van der Waals surface area (Å²) in [7, 11) is 1.68. The third-order valence-corrected chi connectivity index (χ3v) is 4.68. The quantitative estimate of drug-likeness (QED) is 0.590. The van der Waals surface area contributed by atoms with Gasteiger partial charge in [-0.3, -0.25) is 0 Å². The standard InChI is InChI=1S/C19H17ClN4O/c1-12-16(18(20)24(23-12)13-7-4-3-5-8-13)17(25-2)15-11-22-19-14(15)9-6-10-21-19/h3-11,17H,1-2H3,(H,21,22). The van der Waals surface area contributed by atoms with E-state index in [2.05, 4.69) is 15.1 Å². The lowest BCUT2D eigenvalue weighted by Gasteiger charge is -2.15. The van der Waals surface area contributed by atoms with Crippen LogP contribution < -0.4 is 0 Å². The number of pyridine rings is 1. The van der Waals surface area contributed by atoms with Crippen molar-refractivity contribution in [2.45, 2.75) is 13.0 Å². The fraction of sp³-hybridized carbons (Fsp3) is 0.158. The Bertz CT molecular complexity index is 1020. The van der Waals surface area contributed by atoms with Crippen molar-refractivity contribution in [1.82, 2.24) is 19.7 Å². The molecule has 1 aromatic carbocycles. The van der Waals surface area contributed by atoms with Crippen LogP contribution in [0.25, 0.3) is 16.7 Å². The second-order valence-corrected chi connectivity index (χ2v) is 6.15. The van der Waals surface area contributed by atoms with Crippen LogP contribution in [-0.2, 0) is 4.74 Å². The van der Waals surface area contributed by atoms with E-state index in [-0.39, 0.29) is 6.10 Å². The maximum atomic E-state index is 6.70. The van der Waals surface area contributed by atoms with Gasteiger partial charge in [0.05, 0.1) is 11.4 Å². The smallest absolute Gasteiger partial charge is 0.139 e. The van der Waals surface area contributed by atoms with E-state index in [0.717, 1.165) is 33.5 Å². The number of ether oxygens (including phenoxy) is 1. The monoisotopic (exact) mass is 352 g/mol. The zero-order valence-electron chi connectivity index (χ0n) is 13.9. The fourth-order valence-electron chi connectivity index (χ4n) is 3.14. The molecule has 0 aliphatic carbocycles.